The van der Waals surface area contributed by atoms with Crippen LogP contribution in [0.2, 0.25) is 0 Å². The average Bonchev–Trinajstić information content (AvgIpc) is 2.37. The largest absolute Gasteiger partial charge is 0.420 e. The molecule has 0 aliphatic rings. The Hall–Kier alpha value is -2.04. The molecule has 0 aliphatic heterocycles. The summed E-state index contributed by atoms with van der Waals surface area (Å²) in [5, 5.41) is 2.61. The summed E-state index contributed by atoms with van der Waals surface area (Å²) < 4.78 is 4.92. The molecule has 1 aromatic carbocycles. The van der Waals surface area contributed by atoms with E-state index >= 15 is 0 Å². The van der Waals surface area contributed by atoms with E-state index in [0.29, 0.717) is 12.2 Å². The van der Waals surface area contributed by atoms with Crippen molar-refractivity contribution in [2.45, 2.75) is 53.5 Å². The fraction of sp³-hybridized carbons (Fsp3) is 0.529. The highest BCUT2D eigenvalue weighted by Gasteiger charge is 2.28. The summed E-state index contributed by atoms with van der Waals surface area (Å²) in [7, 11) is 0. The Bertz CT molecular complexity index is 547. The summed E-state index contributed by atoms with van der Waals surface area (Å²) >= 11 is 0. The molecule has 0 heterocycles. The van der Waals surface area contributed by atoms with E-state index in [2.05, 4.69) is 5.32 Å². The molecule has 0 unspecified atom stereocenters. The van der Waals surface area contributed by atoms with Crippen LogP contribution in [0.5, 0.6) is 0 Å². The van der Waals surface area contributed by atoms with E-state index in [-0.39, 0.29) is 0 Å². The minimum atomic E-state index is -0.762. The first-order chi connectivity index (χ1) is 10.1. The standard InChI is InChI=1S/C17H26N2O3/c1-7-10-19(17(4,5)6)16(21)22-15(20)18-14-9-8-12(2)11-13(14)3/h8-9,11H,7,10H2,1-6H3,(H,18,20). The molecule has 0 spiro atoms. The first-order valence-corrected chi connectivity index (χ1v) is 7.53. The van der Waals surface area contributed by atoms with Crippen LogP contribution in [0.1, 0.15) is 45.2 Å². The van der Waals surface area contributed by atoms with Crippen LogP contribution in [0.4, 0.5) is 15.3 Å². The van der Waals surface area contributed by atoms with E-state index in [4.69, 9.17) is 4.74 Å². The Morgan fingerprint density at radius 1 is 1.23 bits per heavy atom. The molecule has 0 saturated heterocycles. The molecule has 22 heavy (non-hydrogen) atoms. The molecule has 0 fully saturated rings. The number of amides is 2. The van der Waals surface area contributed by atoms with Gasteiger partial charge in [0.25, 0.3) is 0 Å². The van der Waals surface area contributed by atoms with Gasteiger partial charge in [0.05, 0.1) is 0 Å². The van der Waals surface area contributed by atoms with Gasteiger partial charge in [-0.05, 0) is 52.7 Å². The van der Waals surface area contributed by atoms with Gasteiger partial charge in [-0.25, -0.2) is 9.59 Å². The van der Waals surface area contributed by atoms with E-state index in [1.165, 1.54) is 0 Å². The molecule has 1 N–H and O–H groups in total. The second kappa shape index (κ2) is 7.29. The van der Waals surface area contributed by atoms with E-state index in [1.54, 1.807) is 11.0 Å². The van der Waals surface area contributed by atoms with Crippen molar-refractivity contribution in [1.29, 1.82) is 0 Å². The maximum absolute atomic E-state index is 12.2. The van der Waals surface area contributed by atoms with Crippen molar-refractivity contribution in [2.24, 2.45) is 0 Å². The van der Waals surface area contributed by atoms with Crippen LogP contribution in [0, 0.1) is 13.8 Å². The molecule has 122 valence electrons. The van der Waals surface area contributed by atoms with E-state index in [1.807, 2.05) is 53.7 Å². The molecule has 0 atom stereocenters. The number of nitrogens with zero attached hydrogens (tertiary/aromatic N) is 1. The fourth-order valence-electron chi connectivity index (χ4n) is 2.15. The molecule has 1 rings (SSSR count). The third-order valence-corrected chi connectivity index (χ3v) is 3.28. The van der Waals surface area contributed by atoms with Gasteiger partial charge in [-0.1, -0.05) is 24.6 Å². The first kappa shape index (κ1) is 18.0. The molecule has 5 heteroatoms. The maximum atomic E-state index is 12.2. The third-order valence-electron chi connectivity index (χ3n) is 3.28. The number of hydrogen-bond donors (Lipinski definition) is 1. The number of hydrogen-bond acceptors (Lipinski definition) is 3. The lowest BCUT2D eigenvalue weighted by Crippen LogP contribution is -2.47. The van der Waals surface area contributed by atoms with Crippen molar-refractivity contribution in [2.75, 3.05) is 11.9 Å². The Kier molecular flexibility index (Phi) is 5.97. The summed E-state index contributed by atoms with van der Waals surface area (Å²) in [4.78, 5) is 25.6. The number of benzene rings is 1. The van der Waals surface area contributed by atoms with Gasteiger partial charge in [-0.2, -0.15) is 0 Å². The number of carbonyl (C=O) groups is 2. The topological polar surface area (TPSA) is 58.6 Å². The van der Waals surface area contributed by atoms with Gasteiger partial charge in [0.2, 0.25) is 0 Å². The summed E-state index contributed by atoms with van der Waals surface area (Å²) in [6, 6.07) is 5.64. The highest BCUT2D eigenvalue weighted by molar-refractivity contribution is 5.93. The van der Waals surface area contributed by atoms with Crippen molar-refractivity contribution < 1.29 is 14.3 Å². The van der Waals surface area contributed by atoms with Gasteiger partial charge in [-0.3, -0.25) is 5.32 Å². The molecule has 5 nitrogen and oxygen atoms in total. The Balaban J connectivity index is 2.72. The van der Waals surface area contributed by atoms with Crippen molar-refractivity contribution in [3.8, 4) is 0 Å². The van der Waals surface area contributed by atoms with Crippen molar-refractivity contribution in [1.82, 2.24) is 4.90 Å². The van der Waals surface area contributed by atoms with E-state index in [9.17, 15) is 9.59 Å². The summed E-state index contributed by atoms with van der Waals surface area (Å²) in [6.45, 7) is 12.1. The van der Waals surface area contributed by atoms with Gasteiger partial charge in [0, 0.05) is 17.8 Å². The summed E-state index contributed by atoms with van der Waals surface area (Å²) in [6.07, 6.45) is -0.593. The summed E-state index contributed by atoms with van der Waals surface area (Å²) in [5.74, 6) is 0. The quantitative estimate of drug-likeness (QED) is 0.837. The third kappa shape index (κ3) is 5.06. The molecule has 0 radical (unpaired) electrons. The number of rotatable bonds is 3. The van der Waals surface area contributed by atoms with Crippen LogP contribution in [0.25, 0.3) is 0 Å². The molecule has 0 aliphatic carbocycles. The zero-order chi connectivity index (χ0) is 16.9. The number of aryl methyl sites for hydroxylation is 2. The van der Waals surface area contributed by atoms with Gasteiger partial charge < -0.3 is 9.64 Å². The van der Waals surface area contributed by atoms with Crippen LogP contribution in [-0.4, -0.2) is 29.2 Å². The van der Waals surface area contributed by atoms with E-state index in [0.717, 1.165) is 17.5 Å². The van der Waals surface area contributed by atoms with Gasteiger partial charge >= 0.3 is 12.2 Å². The van der Waals surface area contributed by atoms with Crippen molar-refractivity contribution >= 4 is 17.9 Å². The number of nitrogens with one attached hydrogen (secondary N) is 1. The minimum Gasteiger partial charge on any atom is -0.359 e. The van der Waals surface area contributed by atoms with Gasteiger partial charge in [0.1, 0.15) is 0 Å². The summed E-state index contributed by atoms with van der Waals surface area (Å²) in [5.41, 5.74) is 2.27. The average molecular weight is 306 g/mol. The predicted octanol–water partition coefficient (Wildman–Crippen LogP) is 4.48. The van der Waals surface area contributed by atoms with Crippen LogP contribution >= 0.6 is 0 Å². The molecule has 0 bridgehead atoms. The Labute approximate surface area is 132 Å². The Morgan fingerprint density at radius 3 is 2.36 bits per heavy atom. The minimum absolute atomic E-state index is 0.396. The SMILES string of the molecule is CCCN(C(=O)OC(=O)Nc1ccc(C)cc1C)C(C)(C)C. The fourth-order valence-corrected chi connectivity index (χ4v) is 2.15. The lowest BCUT2D eigenvalue weighted by Gasteiger charge is -2.34. The monoisotopic (exact) mass is 306 g/mol. The lowest BCUT2D eigenvalue weighted by atomic mass is 10.1. The molecular weight excluding hydrogens is 280 g/mol. The smallest absolute Gasteiger partial charge is 0.359 e. The predicted molar refractivity (Wildman–Crippen MR) is 88.2 cm³/mol. The van der Waals surface area contributed by atoms with Crippen LogP contribution in [0.3, 0.4) is 0 Å². The number of anilines is 1. The lowest BCUT2D eigenvalue weighted by molar-refractivity contribution is 0.0890. The zero-order valence-electron chi connectivity index (χ0n) is 14.3. The molecular formula is C17H26N2O3. The van der Waals surface area contributed by atoms with Crippen LogP contribution in [-0.2, 0) is 4.74 Å². The highest BCUT2D eigenvalue weighted by Crippen LogP contribution is 2.18. The van der Waals surface area contributed by atoms with Gasteiger partial charge in [0.15, 0.2) is 0 Å². The maximum Gasteiger partial charge on any atom is 0.420 e. The van der Waals surface area contributed by atoms with Crippen LogP contribution < -0.4 is 5.32 Å². The number of carbonyl (C=O) groups excluding carboxylic acids is 2. The van der Waals surface area contributed by atoms with E-state index < -0.39 is 17.7 Å². The zero-order valence-corrected chi connectivity index (χ0v) is 14.3. The molecule has 0 aromatic heterocycles. The van der Waals surface area contributed by atoms with Crippen LogP contribution in [0.15, 0.2) is 18.2 Å². The Morgan fingerprint density at radius 2 is 1.86 bits per heavy atom. The molecule has 1 aromatic rings. The second-order valence-corrected chi connectivity index (χ2v) is 6.42. The number of ether oxygens (including phenoxy) is 1. The molecule has 2 amide bonds. The molecule has 0 saturated carbocycles. The highest BCUT2D eigenvalue weighted by atomic mass is 16.6. The van der Waals surface area contributed by atoms with Gasteiger partial charge in [-0.15, -0.1) is 0 Å². The van der Waals surface area contributed by atoms with Crippen molar-refractivity contribution in [3.05, 3.63) is 29.3 Å². The van der Waals surface area contributed by atoms with Crippen molar-refractivity contribution in [3.63, 3.8) is 0 Å². The second-order valence-electron chi connectivity index (χ2n) is 6.42. The normalized spacial score (nSPS) is 11.0. The first-order valence-electron chi connectivity index (χ1n) is 7.53.